The van der Waals surface area contributed by atoms with Gasteiger partial charge in [0.2, 0.25) is 11.8 Å². The summed E-state index contributed by atoms with van der Waals surface area (Å²) in [4.78, 5) is 36.0. The predicted octanol–water partition coefficient (Wildman–Crippen LogP) is 1.25. The van der Waals surface area contributed by atoms with E-state index in [0.717, 1.165) is 15.6 Å². The van der Waals surface area contributed by atoms with Gasteiger partial charge in [-0.2, -0.15) is 0 Å². The standard InChI is InChI=1S/C20H22BrN3O5/c21-15-8-6-13(7-9-15)10-16(18(22)26)23-19(27)17(11-25)24-20(28)29-12-14-4-2-1-3-5-14/h1-9,16-17,25H,10-12H2,(H2,22,26)(H,23,27)(H,24,28)/t16-,17-/m0/s1. The molecule has 0 spiro atoms. The van der Waals surface area contributed by atoms with E-state index in [4.69, 9.17) is 10.5 Å². The van der Waals surface area contributed by atoms with Gasteiger partial charge < -0.3 is 26.2 Å². The number of alkyl carbamates (subject to hydrolysis) is 1. The maximum Gasteiger partial charge on any atom is 0.408 e. The van der Waals surface area contributed by atoms with Crippen molar-refractivity contribution in [2.45, 2.75) is 25.1 Å². The third-order valence-corrected chi connectivity index (χ3v) is 4.55. The van der Waals surface area contributed by atoms with E-state index in [-0.39, 0.29) is 13.0 Å². The highest BCUT2D eigenvalue weighted by Gasteiger charge is 2.25. The minimum atomic E-state index is -1.29. The van der Waals surface area contributed by atoms with E-state index in [1.54, 1.807) is 48.5 Å². The number of nitrogens with one attached hydrogen (secondary N) is 2. The minimum Gasteiger partial charge on any atom is -0.445 e. The molecule has 8 nitrogen and oxygen atoms in total. The molecular formula is C20H22BrN3O5. The summed E-state index contributed by atoms with van der Waals surface area (Å²) < 4.78 is 5.91. The molecule has 3 amide bonds. The normalized spacial score (nSPS) is 12.5. The molecule has 2 atom stereocenters. The Bertz CT molecular complexity index is 830. The molecule has 2 aromatic rings. The molecule has 9 heteroatoms. The quantitative estimate of drug-likeness (QED) is 0.444. The van der Waals surface area contributed by atoms with Gasteiger partial charge in [-0.15, -0.1) is 0 Å². The third-order valence-electron chi connectivity index (χ3n) is 4.02. The van der Waals surface area contributed by atoms with Crippen LogP contribution in [-0.2, 0) is 27.4 Å². The highest BCUT2D eigenvalue weighted by Crippen LogP contribution is 2.12. The average molecular weight is 464 g/mol. The maximum absolute atomic E-state index is 12.4. The van der Waals surface area contributed by atoms with E-state index < -0.39 is 36.6 Å². The second-order valence-corrected chi connectivity index (χ2v) is 7.15. The van der Waals surface area contributed by atoms with Crippen LogP contribution < -0.4 is 16.4 Å². The predicted molar refractivity (Wildman–Crippen MR) is 110 cm³/mol. The summed E-state index contributed by atoms with van der Waals surface area (Å²) in [5.41, 5.74) is 6.94. The van der Waals surface area contributed by atoms with Crippen molar-refractivity contribution in [3.8, 4) is 0 Å². The number of aliphatic hydroxyl groups excluding tert-OH is 1. The van der Waals surface area contributed by atoms with Gasteiger partial charge in [-0.25, -0.2) is 4.79 Å². The monoisotopic (exact) mass is 463 g/mol. The summed E-state index contributed by atoms with van der Waals surface area (Å²) in [6.07, 6.45) is -0.697. The molecule has 0 aliphatic rings. The Balaban J connectivity index is 1.91. The smallest absolute Gasteiger partial charge is 0.408 e. The first-order valence-corrected chi connectivity index (χ1v) is 9.60. The van der Waals surface area contributed by atoms with E-state index in [1.165, 1.54) is 0 Å². The van der Waals surface area contributed by atoms with Gasteiger partial charge in [0.25, 0.3) is 0 Å². The zero-order valence-electron chi connectivity index (χ0n) is 15.5. The summed E-state index contributed by atoms with van der Waals surface area (Å²) in [5, 5.41) is 14.2. The SMILES string of the molecule is NC(=O)[C@H](Cc1ccc(Br)cc1)NC(=O)[C@H](CO)NC(=O)OCc1ccccc1. The van der Waals surface area contributed by atoms with Gasteiger partial charge in [0.1, 0.15) is 18.7 Å². The van der Waals surface area contributed by atoms with Crippen LogP contribution in [0.3, 0.4) is 0 Å². The lowest BCUT2D eigenvalue weighted by Crippen LogP contribution is -2.54. The van der Waals surface area contributed by atoms with Crippen molar-refractivity contribution in [1.82, 2.24) is 10.6 Å². The third kappa shape index (κ3) is 7.55. The minimum absolute atomic E-state index is 0.0138. The lowest BCUT2D eigenvalue weighted by Gasteiger charge is -2.20. The number of amides is 3. The van der Waals surface area contributed by atoms with Crippen molar-refractivity contribution < 1.29 is 24.2 Å². The zero-order chi connectivity index (χ0) is 21.2. The fourth-order valence-corrected chi connectivity index (χ4v) is 2.72. The lowest BCUT2D eigenvalue weighted by atomic mass is 10.1. The number of rotatable bonds is 9. The topological polar surface area (TPSA) is 131 Å². The molecule has 0 heterocycles. The zero-order valence-corrected chi connectivity index (χ0v) is 17.1. The number of nitrogens with two attached hydrogens (primary N) is 1. The van der Waals surface area contributed by atoms with E-state index in [9.17, 15) is 19.5 Å². The number of carbonyl (C=O) groups is 3. The van der Waals surface area contributed by atoms with Crippen LogP contribution in [0.2, 0.25) is 0 Å². The first-order chi connectivity index (χ1) is 13.9. The van der Waals surface area contributed by atoms with Crippen LogP contribution in [-0.4, -0.2) is 41.7 Å². The van der Waals surface area contributed by atoms with Crippen LogP contribution in [0.4, 0.5) is 4.79 Å². The summed E-state index contributed by atoms with van der Waals surface area (Å²) in [6, 6.07) is 13.9. The fraction of sp³-hybridized carbons (Fsp3) is 0.250. The van der Waals surface area contributed by atoms with Crippen molar-refractivity contribution in [2.24, 2.45) is 5.73 Å². The number of carbonyl (C=O) groups excluding carboxylic acids is 3. The molecule has 0 fully saturated rings. The number of ether oxygens (including phenoxy) is 1. The molecule has 0 aliphatic heterocycles. The van der Waals surface area contributed by atoms with Gasteiger partial charge in [-0.1, -0.05) is 58.4 Å². The van der Waals surface area contributed by atoms with Crippen LogP contribution in [0.5, 0.6) is 0 Å². The van der Waals surface area contributed by atoms with Crippen LogP contribution in [0, 0.1) is 0 Å². The molecular weight excluding hydrogens is 442 g/mol. The Hall–Kier alpha value is -2.91. The summed E-state index contributed by atoms with van der Waals surface area (Å²) in [6.45, 7) is -0.657. The number of benzene rings is 2. The van der Waals surface area contributed by atoms with Crippen LogP contribution in [0.1, 0.15) is 11.1 Å². The van der Waals surface area contributed by atoms with Crippen molar-refractivity contribution >= 4 is 33.8 Å². The lowest BCUT2D eigenvalue weighted by molar-refractivity contribution is -0.129. The van der Waals surface area contributed by atoms with Crippen molar-refractivity contribution in [1.29, 1.82) is 0 Å². The molecule has 0 unspecified atom stereocenters. The molecule has 0 aliphatic carbocycles. The van der Waals surface area contributed by atoms with E-state index in [2.05, 4.69) is 26.6 Å². The molecule has 0 bridgehead atoms. The number of halogens is 1. The second kappa shape index (κ2) is 11.2. The number of hydrogen-bond acceptors (Lipinski definition) is 5. The highest BCUT2D eigenvalue weighted by atomic mass is 79.9. The van der Waals surface area contributed by atoms with Crippen molar-refractivity contribution in [3.63, 3.8) is 0 Å². The van der Waals surface area contributed by atoms with Gasteiger partial charge in [0.15, 0.2) is 0 Å². The number of aliphatic hydroxyl groups is 1. The highest BCUT2D eigenvalue weighted by molar-refractivity contribution is 9.10. The molecule has 2 aromatic carbocycles. The van der Waals surface area contributed by atoms with Gasteiger partial charge >= 0.3 is 6.09 Å². The van der Waals surface area contributed by atoms with Gasteiger partial charge in [-0.05, 0) is 23.3 Å². The molecule has 0 saturated carbocycles. The molecule has 2 rings (SSSR count). The molecule has 29 heavy (non-hydrogen) atoms. The van der Waals surface area contributed by atoms with Crippen molar-refractivity contribution in [3.05, 3.63) is 70.2 Å². The summed E-state index contributed by atoms with van der Waals surface area (Å²) in [5.74, 6) is -1.48. The number of primary amides is 1. The second-order valence-electron chi connectivity index (χ2n) is 6.24. The molecule has 154 valence electrons. The van der Waals surface area contributed by atoms with Crippen LogP contribution in [0.25, 0.3) is 0 Å². The first kappa shape index (κ1) is 22.4. The Morgan fingerprint density at radius 2 is 1.62 bits per heavy atom. The Kier molecular flexibility index (Phi) is 8.63. The summed E-state index contributed by atoms with van der Waals surface area (Å²) >= 11 is 3.32. The van der Waals surface area contributed by atoms with Crippen LogP contribution >= 0.6 is 15.9 Å². The van der Waals surface area contributed by atoms with Crippen molar-refractivity contribution in [2.75, 3.05) is 6.61 Å². The average Bonchev–Trinajstić information content (AvgIpc) is 2.72. The molecule has 0 radical (unpaired) electrons. The number of hydrogen-bond donors (Lipinski definition) is 4. The summed E-state index contributed by atoms with van der Waals surface area (Å²) in [7, 11) is 0. The Labute approximate surface area is 176 Å². The first-order valence-electron chi connectivity index (χ1n) is 8.81. The van der Waals surface area contributed by atoms with E-state index in [0.29, 0.717) is 0 Å². The molecule has 0 aromatic heterocycles. The Morgan fingerprint density at radius 3 is 2.21 bits per heavy atom. The van der Waals surface area contributed by atoms with Gasteiger partial charge in [0, 0.05) is 10.9 Å². The van der Waals surface area contributed by atoms with Gasteiger partial charge in [0.05, 0.1) is 6.61 Å². The fourth-order valence-electron chi connectivity index (χ4n) is 2.45. The molecule has 5 N–H and O–H groups in total. The molecule has 0 saturated heterocycles. The van der Waals surface area contributed by atoms with E-state index in [1.807, 2.05) is 6.07 Å². The largest absolute Gasteiger partial charge is 0.445 e. The maximum atomic E-state index is 12.4. The van der Waals surface area contributed by atoms with Crippen LogP contribution in [0.15, 0.2) is 59.1 Å². The van der Waals surface area contributed by atoms with Gasteiger partial charge in [-0.3, -0.25) is 9.59 Å². The Morgan fingerprint density at radius 1 is 0.966 bits per heavy atom. The van der Waals surface area contributed by atoms with E-state index >= 15 is 0 Å².